The van der Waals surface area contributed by atoms with Crippen molar-refractivity contribution in [2.24, 2.45) is 0 Å². The van der Waals surface area contributed by atoms with Crippen molar-refractivity contribution in [3.63, 3.8) is 0 Å². The summed E-state index contributed by atoms with van der Waals surface area (Å²) in [6.07, 6.45) is 3.16. The first-order valence-corrected chi connectivity index (χ1v) is 12.4. The van der Waals surface area contributed by atoms with Crippen LogP contribution in [-0.4, -0.2) is 40.2 Å². The summed E-state index contributed by atoms with van der Waals surface area (Å²) in [7, 11) is -3.40. The molecule has 0 atom stereocenters. The largest absolute Gasteiger partial charge is 0.494 e. The maximum atomic E-state index is 11.8. The summed E-state index contributed by atoms with van der Waals surface area (Å²) in [5.41, 5.74) is 3.16. The summed E-state index contributed by atoms with van der Waals surface area (Å²) >= 11 is 0. The van der Waals surface area contributed by atoms with Crippen molar-refractivity contribution >= 4 is 15.8 Å². The highest BCUT2D eigenvalue weighted by Gasteiger charge is 2.25. The maximum absolute atomic E-state index is 11.8. The van der Waals surface area contributed by atoms with Gasteiger partial charge in [-0.2, -0.15) is 0 Å². The lowest BCUT2D eigenvalue weighted by Gasteiger charge is -2.28. The molecular formula is C24H33NO5S. The van der Waals surface area contributed by atoms with Gasteiger partial charge >= 0.3 is 0 Å². The molecule has 0 amide bonds. The van der Waals surface area contributed by atoms with Gasteiger partial charge in [-0.25, -0.2) is 13.1 Å². The van der Waals surface area contributed by atoms with E-state index in [9.17, 15) is 13.2 Å². The number of hydrogen-bond donors (Lipinski definition) is 1. The molecule has 0 heterocycles. The van der Waals surface area contributed by atoms with E-state index in [0.717, 1.165) is 42.6 Å². The van der Waals surface area contributed by atoms with E-state index in [4.69, 9.17) is 9.47 Å². The molecule has 0 bridgehead atoms. The number of aryl methyl sites for hydroxylation is 1. The van der Waals surface area contributed by atoms with Crippen LogP contribution in [0.5, 0.6) is 11.5 Å². The number of sulfonamides is 1. The fraction of sp³-hybridized carbons (Fsp3) is 0.458. The average Bonchev–Trinajstić information content (AvgIpc) is 2.70. The van der Waals surface area contributed by atoms with Gasteiger partial charge in [0.15, 0.2) is 5.78 Å². The SMILES string of the molecule is CCCCOc1ccc(C(C)(C)c2ccc(OCC(=O)CNS(C)(=O)=O)cc2C)cc1. The minimum atomic E-state index is -3.40. The van der Waals surface area contributed by atoms with E-state index in [0.29, 0.717) is 5.75 Å². The van der Waals surface area contributed by atoms with Crippen LogP contribution in [0.1, 0.15) is 50.3 Å². The van der Waals surface area contributed by atoms with Crippen molar-refractivity contribution in [1.29, 1.82) is 0 Å². The highest BCUT2D eigenvalue weighted by molar-refractivity contribution is 7.88. The van der Waals surface area contributed by atoms with Crippen molar-refractivity contribution in [3.8, 4) is 11.5 Å². The number of ether oxygens (including phenoxy) is 2. The molecule has 0 aliphatic rings. The van der Waals surface area contributed by atoms with Crippen molar-refractivity contribution in [2.45, 2.75) is 46.0 Å². The van der Waals surface area contributed by atoms with E-state index in [1.165, 1.54) is 5.56 Å². The smallest absolute Gasteiger partial charge is 0.209 e. The highest BCUT2D eigenvalue weighted by atomic mass is 32.2. The Morgan fingerprint density at radius 1 is 1.03 bits per heavy atom. The molecule has 0 aliphatic heterocycles. The zero-order valence-electron chi connectivity index (χ0n) is 19.0. The van der Waals surface area contributed by atoms with Gasteiger partial charge in [0.1, 0.15) is 18.1 Å². The molecule has 6 nitrogen and oxygen atoms in total. The molecule has 0 fully saturated rings. The number of carbonyl (C=O) groups is 1. The van der Waals surface area contributed by atoms with Crippen LogP contribution >= 0.6 is 0 Å². The van der Waals surface area contributed by atoms with E-state index >= 15 is 0 Å². The zero-order valence-corrected chi connectivity index (χ0v) is 19.8. The molecule has 2 aromatic rings. The lowest BCUT2D eigenvalue weighted by molar-refractivity contribution is -0.119. The number of benzene rings is 2. The van der Waals surface area contributed by atoms with E-state index < -0.39 is 10.0 Å². The number of nitrogens with one attached hydrogen (secondary N) is 1. The molecule has 0 radical (unpaired) electrons. The van der Waals surface area contributed by atoms with E-state index in [1.807, 2.05) is 37.3 Å². The number of hydrogen-bond acceptors (Lipinski definition) is 5. The summed E-state index contributed by atoms with van der Waals surface area (Å²) in [6, 6.07) is 14.0. The molecule has 1 N–H and O–H groups in total. The zero-order chi connectivity index (χ0) is 23.1. The molecule has 2 rings (SSSR count). The monoisotopic (exact) mass is 447 g/mol. The van der Waals surface area contributed by atoms with E-state index in [1.54, 1.807) is 0 Å². The van der Waals surface area contributed by atoms with Crippen molar-refractivity contribution in [2.75, 3.05) is 26.0 Å². The molecule has 0 aromatic heterocycles. The van der Waals surface area contributed by atoms with Gasteiger partial charge in [-0.3, -0.25) is 4.79 Å². The second-order valence-electron chi connectivity index (χ2n) is 8.25. The van der Waals surface area contributed by atoms with Crippen molar-refractivity contribution in [3.05, 3.63) is 59.2 Å². The Kier molecular flexibility index (Phi) is 8.65. The summed E-state index contributed by atoms with van der Waals surface area (Å²) in [6.45, 7) is 8.76. The number of carbonyl (C=O) groups excluding carboxylic acids is 1. The predicted octanol–water partition coefficient (Wildman–Crippen LogP) is 4.00. The maximum Gasteiger partial charge on any atom is 0.209 e. The minimum absolute atomic E-state index is 0.190. The van der Waals surface area contributed by atoms with Gasteiger partial charge in [-0.15, -0.1) is 0 Å². The van der Waals surface area contributed by atoms with Gasteiger partial charge in [0, 0.05) is 5.41 Å². The average molecular weight is 448 g/mol. The molecule has 0 saturated heterocycles. The standard InChI is InChI=1S/C24H33NO5S/c1-6-7-14-29-21-10-8-19(9-11-21)24(3,4)23-13-12-22(15-18(23)2)30-17-20(26)16-25-31(5,27)28/h8-13,15,25H,6-7,14,16-17H2,1-5H3. The summed E-state index contributed by atoms with van der Waals surface area (Å²) in [5.74, 6) is 1.11. The molecule has 2 aromatic carbocycles. The van der Waals surface area contributed by atoms with Gasteiger partial charge in [0.2, 0.25) is 10.0 Å². The van der Waals surface area contributed by atoms with Crippen LogP contribution in [-0.2, 0) is 20.2 Å². The number of ketones is 1. The van der Waals surface area contributed by atoms with E-state index in [2.05, 4.69) is 37.6 Å². The van der Waals surface area contributed by atoms with Gasteiger partial charge in [-0.1, -0.05) is 45.4 Å². The number of Topliss-reactive ketones (excluding diaryl/α,β-unsaturated/α-hetero) is 1. The Labute approximate surface area is 186 Å². The molecule has 31 heavy (non-hydrogen) atoms. The van der Waals surface area contributed by atoms with Gasteiger partial charge in [0.05, 0.1) is 19.4 Å². The Balaban J connectivity index is 2.04. The van der Waals surface area contributed by atoms with Crippen LogP contribution < -0.4 is 14.2 Å². The van der Waals surface area contributed by atoms with Crippen LogP contribution in [0.4, 0.5) is 0 Å². The van der Waals surface area contributed by atoms with Crippen LogP contribution in [0.2, 0.25) is 0 Å². The Morgan fingerprint density at radius 2 is 1.68 bits per heavy atom. The Morgan fingerprint density at radius 3 is 2.26 bits per heavy atom. The van der Waals surface area contributed by atoms with Gasteiger partial charge < -0.3 is 9.47 Å². The fourth-order valence-electron chi connectivity index (χ4n) is 3.31. The van der Waals surface area contributed by atoms with E-state index in [-0.39, 0.29) is 24.3 Å². The third kappa shape index (κ3) is 7.67. The molecule has 170 valence electrons. The topological polar surface area (TPSA) is 81.7 Å². The predicted molar refractivity (Wildman–Crippen MR) is 124 cm³/mol. The summed E-state index contributed by atoms with van der Waals surface area (Å²) < 4.78 is 35.6. The van der Waals surface area contributed by atoms with Crippen LogP contribution in [0.3, 0.4) is 0 Å². The molecule has 0 saturated carbocycles. The normalized spacial score (nSPS) is 11.9. The Hall–Kier alpha value is -2.38. The lowest BCUT2D eigenvalue weighted by atomic mass is 9.76. The van der Waals surface area contributed by atoms with Gasteiger partial charge in [-0.05, 0) is 54.3 Å². The second-order valence-corrected chi connectivity index (χ2v) is 10.1. The van der Waals surface area contributed by atoms with Crippen LogP contribution in [0.15, 0.2) is 42.5 Å². The number of rotatable bonds is 12. The molecule has 0 unspecified atom stereocenters. The Bertz CT molecular complexity index is 982. The first-order valence-electron chi connectivity index (χ1n) is 10.5. The van der Waals surface area contributed by atoms with Crippen LogP contribution in [0.25, 0.3) is 0 Å². The number of unbranched alkanes of at least 4 members (excludes halogenated alkanes) is 1. The second kappa shape index (κ2) is 10.8. The summed E-state index contributed by atoms with van der Waals surface area (Å²) in [5, 5.41) is 0. The molecule has 7 heteroatoms. The molecular weight excluding hydrogens is 414 g/mol. The first-order chi connectivity index (χ1) is 14.5. The first kappa shape index (κ1) is 24.9. The van der Waals surface area contributed by atoms with Crippen molar-refractivity contribution < 1.29 is 22.7 Å². The lowest BCUT2D eigenvalue weighted by Crippen LogP contribution is -2.31. The quantitative estimate of drug-likeness (QED) is 0.498. The molecule has 0 aliphatic carbocycles. The third-order valence-corrected chi connectivity index (χ3v) is 5.81. The van der Waals surface area contributed by atoms with Crippen LogP contribution in [0, 0.1) is 6.92 Å². The minimum Gasteiger partial charge on any atom is -0.494 e. The molecule has 0 spiro atoms. The van der Waals surface area contributed by atoms with Crippen molar-refractivity contribution in [1.82, 2.24) is 4.72 Å². The fourth-order valence-corrected chi connectivity index (χ4v) is 3.73. The van der Waals surface area contributed by atoms with Gasteiger partial charge in [0.25, 0.3) is 0 Å². The summed E-state index contributed by atoms with van der Waals surface area (Å²) in [4.78, 5) is 11.8. The third-order valence-electron chi connectivity index (χ3n) is 5.15. The highest BCUT2D eigenvalue weighted by Crippen LogP contribution is 2.35.